The van der Waals surface area contributed by atoms with Crippen molar-refractivity contribution in [2.75, 3.05) is 7.11 Å². The number of carbonyl (C=O) groups excluding carboxylic acids is 2. The maximum absolute atomic E-state index is 10.9. The fraction of sp³-hybridized carbons (Fsp3) is 0.333. The molecular weight excluding hydrogens is 224 g/mol. The van der Waals surface area contributed by atoms with E-state index in [1.165, 1.54) is 13.2 Å². The van der Waals surface area contributed by atoms with Crippen LogP contribution in [0.2, 0.25) is 0 Å². The van der Waals surface area contributed by atoms with E-state index >= 15 is 0 Å². The number of benzene rings is 1. The monoisotopic (exact) mass is 238 g/mol. The Morgan fingerprint density at radius 1 is 1.47 bits per heavy atom. The molecule has 2 unspecified atom stereocenters. The number of hydrogen-bond acceptors (Lipinski definition) is 5. The Morgan fingerprint density at radius 3 is 2.76 bits per heavy atom. The van der Waals surface area contributed by atoms with Gasteiger partial charge in [0.15, 0.2) is 0 Å². The largest absolute Gasteiger partial charge is 0.469 e. The van der Waals surface area contributed by atoms with E-state index in [0.29, 0.717) is 17.4 Å². The highest BCUT2D eigenvalue weighted by atomic mass is 16.5. The average molecular weight is 238 g/mol. The summed E-state index contributed by atoms with van der Waals surface area (Å²) in [5, 5.41) is 19.4. The van der Waals surface area contributed by atoms with Gasteiger partial charge < -0.3 is 14.9 Å². The molecule has 2 atom stereocenters. The first-order valence-electron chi connectivity index (χ1n) is 5.06. The van der Waals surface area contributed by atoms with E-state index in [0.717, 1.165) is 0 Å². The van der Waals surface area contributed by atoms with E-state index in [1.807, 2.05) is 0 Å². The van der Waals surface area contributed by atoms with Crippen molar-refractivity contribution in [2.24, 2.45) is 0 Å². The minimum atomic E-state index is -1.26. The summed E-state index contributed by atoms with van der Waals surface area (Å²) in [5.74, 6) is -0.608. The third-order valence-electron chi connectivity index (χ3n) is 2.36. The van der Waals surface area contributed by atoms with Gasteiger partial charge in [0.1, 0.15) is 12.4 Å². The van der Waals surface area contributed by atoms with E-state index in [1.54, 1.807) is 18.2 Å². The summed E-state index contributed by atoms with van der Waals surface area (Å²) < 4.78 is 4.39. The summed E-state index contributed by atoms with van der Waals surface area (Å²) in [5.41, 5.74) is 0.776. The topological polar surface area (TPSA) is 83.8 Å². The Balaban J connectivity index is 2.76. The van der Waals surface area contributed by atoms with Crippen molar-refractivity contribution in [2.45, 2.75) is 18.6 Å². The first kappa shape index (κ1) is 13.3. The highest BCUT2D eigenvalue weighted by molar-refractivity contribution is 5.75. The fourth-order valence-electron chi connectivity index (χ4n) is 1.40. The first-order valence-corrected chi connectivity index (χ1v) is 5.06. The number of ether oxygens (including phenoxy) is 1. The van der Waals surface area contributed by atoms with Crippen molar-refractivity contribution < 1.29 is 24.5 Å². The highest BCUT2D eigenvalue weighted by Crippen LogP contribution is 2.19. The lowest BCUT2D eigenvalue weighted by molar-refractivity contribution is -0.144. The van der Waals surface area contributed by atoms with Gasteiger partial charge in [-0.3, -0.25) is 9.59 Å². The zero-order chi connectivity index (χ0) is 12.8. The molecule has 0 fully saturated rings. The van der Waals surface area contributed by atoms with E-state index < -0.39 is 18.2 Å². The SMILES string of the molecule is COC(=O)CC(O)C(O)c1cccc(C=O)c1. The maximum Gasteiger partial charge on any atom is 0.308 e. The molecule has 0 saturated heterocycles. The second-order valence-corrected chi connectivity index (χ2v) is 3.58. The van der Waals surface area contributed by atoms with Crippen molar-refractivity contribution in [1.82, 2.24) is 0 Å². The van der Waals surface area contributed by atoms with Crippen LogP contribution in [0.15, 0.2) is 24.3 Å². The van der Waals surface area contributed by atoms with Gasteiger partial charge in [-0.1, -0.05) is 18.2 Å². The molecule has 92 valence electrons. The minimum absolute atomic E-state index is 0.303. The van der Waals surface area contributed by atoms with Gasteiger partial charge in [-0.05, 0) is 11.6 Å². The van der Waals surface area contributed by atoms with E-state index in [9.17, 15) is 19.8 Å². The van der Waals surface area contributed by atoms with E-state index in [4.69, 9.17) is 0 Å². The van der Waals surface area contributed by atoms with Gasteiger partial charge in [0.05, 0.1) is 19.6 Å². The van der Waals surface area contributed by atoms with Crippen molar-refractivity contribution >= 4 is 12.3 Å². The molecule has 0 aromatic heterocycles. The van der Waals surface area contributed by atoms with E-state index in [-0.39, 0.29) is 6.42 Å². The summed E-state index contributed by atoms with van der Waals surface area (Å²) in [7, 11) is 1.20. The van der Waals surface area contributed by atoms with E-state index in [2.05, 4.69) is 4.74 Å². The van der Waals surface area contributed by atoms with Crippen LogP contribution in [0, 0.1) is 0 Å². The lowest BCUT2D eigenvalue weighted by Crippen LogP contribution is -2.22. The lowest BCUT2D eigenvalue weighted by Gasteiger charge is -2.17. The number of esters is 1. The Kier molecular flexibility index (Phi) is 4.81. The maximum atomic E-state index is 10.9. The standard InChI is InChI=1S/C12H14O5/c1-17-11(15)6-10(14)12(16)9-4-2-3-8(5-9)7-13/h2-5,7,10,12,14,16H,6H2,1H3. The van der Waals surface area contributed by atoms with Crippen LogP contribution in [0.25, 0.3) is 0 Å². The Labute approximate surface area is 98.6 Å². The predicted molar refractivity (Wildman–Crippen MR) is 59.4 cm³/mol. The Bertz CT molecular complexity index is 402. The van der Waals surface area contributed by atoms with Gasteiger partial charge in [-0.15, -0.1) is 0 Å². The summed E-state index contributed by atoms with van der Waals surface area (Å²) in [6.45, 7) is 0. The fourth-order valence-corrected chi connectivity index (χ4v) is 1.40. The van der Waals surface area contributed by atoms with Gasteiger partial charge in [0, 0.05) is 5.56 Å². The second kappa shape index (κ2) is 6.12. The molecule has 0 amide bonds. The molecule has 5 nitrogen and oxygen atoms in total. The van der Waals surface area contributed by atoms with Crippen LogP contribution in [0.1, 0.15) is 28.4 Å². The molecule has 5 heteroatoms. The minimum Gasteiger partial charge on any atom is -0.469 e. The average Bonchev–Trinajstić information content (AvgIpc) is 2.37. The molecule has 1 aromatic rings. The molecular formula is C12H14O5. The number of rotatable bonds is 5. The predicted octanol–water partition coefficient (Wildman–Crippen LogP) is 0.457. The summed E-state index contributed by atoms with van der Waals surface area (Å²) in [4.78, 5) is 21.5. The molecule has 0 aliphatic carbocycles. The highest BCUT2D eigenvalue weighted by Gasteiger charge is 2.21. The molecule has 0 bridgehead atoms. The second-order valence-electron chi connectivity index (χ2n) is 3.58. The third kappa shape index (κ3) is 3.65. The number of aliphatic hydroxyl groups is 2. The number of hydrogen-bond donors (Lipinski definition) is 2. The molecule has 2 N–H and O–H groups in total. The van der Waals surface area contributed by atoms with Gasteiger partial charge >= 0.3 is 5.97 Å². The summed E-state index contributed by atoms with van der Waals surface area (Å²) in [6.07, 6.45) is -2.15. The number of carbonyl (C=O) groups is 2. The van der Waals surface area contributed by atoms with Crippen molar-refractivity contribution in [3.8, 4) is 0 Å². The van der Waals surface area contributed by atoms with Crippen molar-refractivity contribution in [1.29, 1.82) is 0 Å². The quantitative estimate of drug-likeness (QED) is 0.575. The van der Waals surface area contributed by atoms with Crippen LogP contribution in [0.3, 0.4) is 0 Å². The van der Waals surface area contributed by atoms with Gasteiger partial charge in [-0.2, -0.15) is 0 Å². The van der Waals surface area contributed by atoms with Crippen LogP contribution >= 0.6 is 0 Å². The summed E-state index contributed by atoms with van der Waals surface area (Å²) >= 11 is 0. The molecule has 0 aliphatic heterocycles. The molecule has 1 rings (SSSR count). The molecule has 17 heavy (non-hydrogen) atoms. The third-order valence-corrected chi connectivity index (χ3v) is 2.36. The summed E-state index contributed by atoms with van der Waals surface area (Å²) in [6, 6.07) is 6.19. The molecule has 0 radical (unpaired) electrons. The number of aliphatic hydroxyl groups excluding tert-OH is 2. The van der Waals surface area contributed by atoms with Gasteiger partial charge in [0.2, 0.25) is 0 Å². The smallest absolute Gasteiger partial charge is 0.308 e. The number of aldehydes is 1. The van der Waals surface area contributed by atoms with Gasteiger partial charge in [0.25, 0.3) is 0 Å². The Morgan fingerprint density at radius 2 is 2.18 bits per heavy atom. The molecule has 0 saturated carbocycles. The van der Waals surface area contributed by atoms with Gasteiger partial charge in [-0.25, -0.2) is 0 Å². The zero-order valence-electron chi connectivity index (χ0n) is 9.37. The van der Waals surface area contributed by atoms with Crippen LogP contribution in [0.5, 0.6) is 0 Å². The molecule has 1 aromatic carbocycles. The van der Waals surface area contributed by atoms with Crippen LogP contribution in [-0.2, 0) is 9.53 Å². The van der Waals surface area contributed by atoms with Crippen molar-refractivity contribution in [3.05, 3.63) is 35.4 Å². The molecule has 0 aliphatic rings. The van der Waals surface area contributed by atoms with Crippen molar-refractivity contribution in [3.63, 3.8) is 0 Å². The van der Waals surface area contributed by atoms with Crippen LogP contribution in [0.4, 0.5) is 0 Å². The number of methoxy groups -OCH3 is 1. The normalized spacial score (nSPS) is 13.8. The zero-order valence-corrected chi connectivity index (χ0v) is 9.37. The lowest BCUT2D eigenvalue weighted by atomic mass is 10.0. The van der Waals surface area contributed by atoms with Crippen LogP contribution < -0.4 is 0 Å². The van der Waals surface area contributed by atoms with Crippen LogP contribution in [-0.4, -0.2) is 35.7 Å². The molecule has 0 spiro atoms. The molecule has 0 heterocycles. The first-order chi connectivity index (χ1) is 8.08. The Hall–Kier alpha value is -1.72.